The fraction of sp³-hybridized carbons (Fsp3) is 0.833. The van der Waals surface area contributed by atoms with E-state index < -0.39 is 33.8 Å². The molecule has 1 aliphatic heterocycles. The number of carbonyl (C=O) groups excluding carboxylic acids is 2. The van der Waals surface area contributed by atoms with E-state index in [2.05, 4.69) is 0 Å². The van der Waals surface area contributed by atoms with Gasteiger partial charge in [0.1, 0.15) is 5.60 Å². The fourth-order valence-electron chi connectivity index (χ4n) is 1.99. The second-order valence-electron chi connectivity index (χ2n) is 5.93. The second-order valence-corrected chi connectivity index (χ2v) is 7.53. The van der Waals surface area contributed by atoms with Crippen molar-refractivity contribution in [2.45, 2.75) is 45.4 Å². The highest BCUT2D eigenvalue weighted by Crippen LogP contribution is 2.28. The van der Waals surface area contributed by atoms with E-state index in [1.807, 2.05) is 0 Å². The van der Waals surface area contributed by atoms with Crippen LogP contribution >= 0.6 is 0 Å². The number of rotatable bonds is 4. The third-order valence-electron chi connectivity index (χ3n) is 2.73. The van der Waals surface area contributed by atoms with Crippen molar-refractivity contribution in [1.82, 2.24) is 4.90 Å². The molecule has 0 radical (unpaired) electrons. The van der Waals surface area contributed by atoms with Crippen LogP contribution in [-0.2, 0) is 28.6 Å². The average Bonchev–Trinajstić information content (AvgIpc) is 2.41. The van der Waals surface area contributed by atoms with Gasteiger partial charge in [0, 0.05) is 13.5 Å². The Morgan fingerprint density at radius 1 is 1.40 bits per heavy atom. The van der Waals surface area contributed by atoms with Gasteiger partial charge < -0.3 is 9.64 Å². The first-order valence-corrected chi connectivity index (χ1v) is 8.07. The first kappa shape index (κ1) is 16.9. The molecular formula is C12H21NO6S. The van der Waals surface area contributed by atoms with Crippen LogP contribution in [0, 0.1) is 5.92 Å². The van der Waals surface area contributed by atoms with Crippen molar-refractivity contribution < 1.29 is 26.9 Å². The van der Waals surface area contributed by atoms with Crippen molar-refractivity contribution in [1.29, 1.82) is 0 Å². The highest BCUT2D eigenvalue weighted by atomic mass is 32.2. The molecule has 1 saturated heterocycles. The van der Waals surface area contributed by atoms with Crippen LogP contribution in [0.25, 0.3) is 0 Å². The molecule has 0 aromatic heterocycles. The Kier molecular flexibility index (Phi) is 4.81. The van der Waals surface area contributed by atoms with Crippen LogP contribution < -0.4 is 0 Å². The summed E-state index contributed by atoms with van der Waals surface area (Å²) in [6.07, 6.45) is 0.142. The molecule has 0 aromatic carbocycles. The summed E-state index contributed by atoms with van der Waals surface area (Å²) in [5.41, 5.74) is -0.618. The third-order valence-corrected chi connectivity index (χ3v) is 3.31. The largest absolute Gasteiger partial charge is 0.460 e. The van der Waals surface area contributed by atoms with E-state index in [-0.39, 0.29) is 18.7 Å². The minimum Gasteiger partial charge on any atom is -0.460 e. The van der Waals surface area contributed by atoms with E-state index in [0.29, 0.717) is 0 Å². The lowest BCUT2D eigenvalue weighted by molar-refractivity contribution is -0.157. The molecule has 1 amide bonds. The molecule has 1 rings (SSSR count). The Morgan fingerprint density at radius 3 is 2.40 bits per heavy atom. The first-order chi connectivity index (χ1) is 8.89. The number of amides is 1. The third kappa shape index (κ3) is 5.09. The Morgan fingerprint density at radius 2 is 1.95 bits per heavy atom. The molecule has 0 unspecified atom stereocenters. The van der Waals surface area contributed by atoms with E-state index in [1.165, 1.54) is 11.9 Å². The molecule has 0 bridgehead atoms. The summed E-state index contributed by atoms with van der Waals surface area (Å²) in [7, 11) is -2.20. The highest BCUT2D eigenvalue weighted by molar-refractivity contribution is 7.86. The lowest BCUT2D eigenvalue weighted by Gasteiger charge is -2.20. The zero-order chi connectivity index (χ0) is 15.7. The van der Waals surface area contributed by atoms with Crippen LogP contribution in [-0.4, -0.2) is 50.3 Å². The number of likely N-dealkylation sites (tertiary alicyclic amines) is 1. The van der Waals surface area contributed by atoms with Crippen LogP contribution in [0.3, 0.4) is 0 Å². The number of esters is 1. The average molecular weight is 307 g/mol. The van der Waals surface area contributed by atoms with Gasteiger partial charge in [-0.25, -0.2) is 4.18 Å². The van der Waals surface area contributed by atoms with Crippen molar-refractivity contribution in [3.8, 4) is 0 Å². The minimum absolute atomic E-state index is 0.0793. The van der Waals surface area contributed by atoms with Crippen LogP contribution in [0.1, 0.15) is 33.6 Å². The molecule has 2 atom stereocenters. The van der Waals surface area contributed by atoms with E-state index >= 15 is 0 Å². The first-order valence-electron chi connectivity index (χ1n) is 6.26. The van der Waals surface area contributed by atoms with E-state index in [0.717, 1.165) is 6.26 Å². The van der Waals surface area contributed by atoms with Crippen LogP contribution in [0.5, 0.6) is 0 Å². The standard InChI is InChI=1S/C12H21NO6S/c1-12(2,3)18-10(14)7-8-6-9(13(4)11(8)15)19-20(5,16)17/h8-9H,6-7H2,1-5H3/t8-,9-/m0/s1. The lowest BCUT2D eigenvalue weighted by Crippen LogP contribution is -2.33. The van der Waals surface area contributed by atoms with Gasteiger partial charge in [0.2, 0.25) is 5.91 Å². The number of carbonyl (C=O) groups is 2. The van der Waals surface area contributed by atoms with Gasteiger partial charge in [-0.2, -0.15) is 8.42 Å². The smallest absolute Gasteiger partial charge is 0.307 e. The summed E-state index contributed by atoms with van der Waals surface area (Å²) in [5.74, 6) is -1.41. The van der Waals surface area contributed by atoms with Gasteiger partial charge >= 0.3 is 5.97 Å². The quantitative estimate of drug-likeness (QED) is 0.555. The number of nitrogens with zero attached hydrogens (tertiary/aromatic N) is 1. The van der Waals surface area contributed by atoms with Crippen molar-refractivity contribution in [2.75, 3.05) is 13.3 Å². The lowest BCUT2D eigenvalue weighted by atomic mass is 10.0. The summed E-state index contributed by atoms with van der Waals surface area (Å²) >= 11 is 0. The minimum atomic E-state index is -3.65. The van der Waals surface area contributed by atoms with Gasteiger partial charge in [-0.15, -0.1) is 0 Å². The van der Waals surface area contributed by atoms with Gasteiger partial charge in [-0.05, 0) is 20.8 Å². The van der Waals surface area contributed by atoms with E-state index in [1.54, 1.807) is 20.8 Å². The number of hydrogen-bond donors (Lipinski definition) is 0. The molecule has 116 valence electrons. The Labute approximate surface area is 119 Å². The predicted octanol–water partition coefficient (Wildman–Crippen LogP) is 0.499. The molecule has 1 fully saturated rings. The van der Waals surface area contributed by atoms with Crippen molar-refractivity contribution in [3.05, 3.63) is 0 Å². The van der Waals surface area contributed by atoms with E-state index in [9.17, 15) is 18.0 Å². The maximum Gasteiger partial charge on any atom is 0.307 e. The zero-order valence-electron chi connectivity index (χ0n) is 12.4. The highest BCUT2D eigenvalue weighted by Gasteiger charge is 2.41. The maximum absolute atomic E-state index is 11.9. The van der Waals surface area contributed by atoms with Crippen LogP contribution in [0.4, 0.5) is 0 Å². The summed E-state index contributed by atoms with van der Waals surface area (Å²) < 4.78 is 32.2. The summed E-state index contributed by atoms with van der Waals surface area (Å²) in [6, 6.07) is 0. The Hall–Kier alpha value is -1.15. The number of hydrogen-bond acceptors (Lipinski definition) is 6. The van der Waals surface area contributed by atoms with Crippen LogP contribution in [0.2, 0.25) is 0 Å². The summed E-state index contributed by atoms with van der Waals surface area (Å²) in [5, 5.41) is 0. The molecule has 0 spiro atoms. The molecule has 8 heteroatoms. The summed E-state index contributed by atoms with van der Waals surface area (Å²) in [4.78, 5) is 24.9. The molecule has 1 aliphatic rings. The molecule has 20 heavy (non-hydrogen) atoms. The molecule has 1 heterocycles. The normalized spacial score (nSPS) is 24.1. The molecule has 0 aliphatic carbocycles. The maximum atomic E-state index is 11.9. The van der Waals surface area contributed by atoms with Crippen molar-refractivity contribution in [2.24, 2.45) is 5.92 Å². The van der Waals surface area contributed by atoms with Crippen LogP contribution in [0.15, 0.2) is 0 Å². The Bertz CT molecular complexity index is 493. The monoisotopic (exact) mass is 307 g/mol. The fourth-order valence-corrected chi connectivity index (χ4v) is 2.60. The van der Waals surface area contributed by atoms with Crippen molar-refractivity contribution in [3.63, 3.8) is 0 Å². The summed E-state index contributed by atoms with van der Waals surface area (Å²) in [6.45, 7) is 5.22. The topological polar surface area (TPSA) is 90.0 Å². The van der Waals surface area contributed by atoms with Gasteiger partial charge in [-0.1, -0.05) is 0 Å². The van der Waals surface area contributed by atoms with Gasteiger partial charge in [-0.3, -0.25) is 9.59 Å². The second kappa shape index (κ2) is 5.69. The SMILES string of the molecule is CN1C(=O)[C@H](CC(=O)OC(C)(C)C)C[C@@H]1OS(C)(=O)=O. The Balaban J connectivity index is 2.65. The van der Waals surface area contributed by atoms with E-state index in [4.69, 9.17) is 8.92 Å². The van der Waals surface area contributed by atoms with Crippen molar-refractivity contribution >= 4 is 22.0 Å². The zero-order valence-corrected chi connectivity index (χ0v) is 13.2. The molecule has 0 saturated carbocycles. The predicted molar refractivity (Wildman–Crippen MR) is 71.1 cm³/mol. The van der Waals surface area contributed by atoms with Gasteiger partial charge in [0.05, 0.1) is 18.6 Å². The molecular weight excluding hydrogens is 286 g/mol. The molecule has 0 aromatic rings. The molecule has 0 N–H and O–H groups in total. The van der Waals surface area contributed by atoms with Gasteiger partial charge in [0.25, 0.3) is 10.1 Å². The molecule has 7 nitrogen and oxygen atoms in total. The number of ether oxygens (including phenoxy) is 1. The van der Waals surface area contributed by atoms with Gasteiger partial charge in [0.15, 0.2) is 6.23 Å².